The van der Waals surface area contributed by atoms with Gasteiger partial charge in [-0.2, -0.15) is 0 Å². The van der Waals surface area contributed by atoms with E-state index >= 15 is 0 Å². The lowest BCUT2D eigenvalue weighted by atomic mass is 9.85. The topological polar surface area (TPSA) is 55.8 Å². The van der Waals surface area contributed by atoms with Crippen LogP contribution in [0.4, 0.5) is 0 Å². The number of esters is 2. The first-order valence-corrected chi connectivity index (χ1v) is 7.33. The van der Waals surface area contributed by atoms with Gasteiger partial charge in [-0.15, -0.1) is 0 Å². The highest BCUT2D eigenvalue weighted by Gasteiger charge is 2.53. The van der Waals surface area contributed by atoms with Crippen molar-refractivity contribution in [2.24, 2.45) is 0 Å². The summed E-state index contributed by atoms with van der Waals surface area (Å²) in [7, 11) is 2.69. The maximum Gasteiger partial charge on any atom is 0.336 e. The van der Waals surface area contributed by atoms with Gasteiger partial charge in [-0.3, -0.25) is 4.90 Å². The molecule has 0 aliphatic carbocycles. The first-order chi connectivity index (χ1) is 10.00. The van der Waals surface area contributed by atoms with Crippen molar-refractivity contribution in [3.8, 4) is 0 Å². The van der Waals surface area contributed by atoms with Crippen molar-refractivity contribution < 1.29 is 19.1 Å². The van der Waals surface area contributed by atoms with Crippen molar-refractivity contribution in [1.29, 1.82) is 0 Å². The van der Waals surface area contributed by atoms with Crippen LogP contribution >= 0.6 is 0 Å². The fraction of sp³-hybridized carbons (Fsp3) is 0.625. The molecular formula is C16H23NO4. The van der Waals surface area contributed by atoms with Gasteiger partial charge in [0.15, 0.2) is 0 Å². The number of allylic oxidation sites excluding steroid dienone is 1. The molecule has 0 bridgehead atoms. The van der Waals surface area contributed by atoms with Crippen molar-refractivity contribution in [2.45, 2.75) is 38.6 Å². The Morgan fingerprint density at radius 3 is 2.52 bits per heavy atom. The van der Waals surface area contributed by atoms with Crippen LogP contribution in [0.15, 0.2) is 22.8 Å². The first-order valence-electron chi connectivity index (χ1n) is 7.33. The van der Waals surface area contributed by atoms with Gasteiger partial charge in [0, 0.05) is 6.54 Å². The van der Waals surface area contributed by atoms with Crippen LogP contribution in [0, 0.1) is 0 Å². The first kappa shape index (κ1) is 15.8. The van der Waals surface area contributed by atoms with Crippen LogP contribution in [0.2, 0.25) is 0 Å². The third-order valence-electron chi connectivity index (χ3n) is 4.50. The summed E-state index contributed by atoms with van der Waals surface area (Å²) in [4.78, 5) is 26.5. The Morgan fingerprint density at radius 1 is 1.29 bits per heavy atom. The van der Waals surface area contributed by atoms with Gasteiger partial charge >= 0.3 is 11.9 Å². The standard InChI is InChI=1S/C16H23NO4/c1-5-11(2)9-16-7-6-8-17(16)10-12(14(18)20-3)13(16)15(19)21-4/h9H,5-8,10H2,1-4H3/b11-9+. The molecule has 0 saturated carbocycles. The Morgan fingerprint density at radius 2 is 1.95 bits per heavy atom. The third-order valence-corrected chi connectivity index (χ3v) is 4.50. The molecule has 0 aromatic rings. The smallest absolute Gasteiger partial charge is 0.336 e. The van der Waals surface area contributed by atoms with Gasteiger partial charge in [0.1, 0.15) is 0 Å². The average molecular weight is 293 g/mol. The van der Waals surface area contributed by atoms with E-state index in [0.29, 0.717) is 17.7 Å². The maximum atomic E-state index is 12.3. The van der Waals surface area contributed by atoms with Crippen LogP contribution in [0.25, 0.3) is 0 Å². The summed E-state index contributed by atoms with van der Waals surface area (Å²) in [5.41, 5.74) is 1.59. The van der Waals surface area contributed by atoms with Crippen LogP contribution < -0.4 is 0 Å². The van der Waals surface area contributed by atoms with E-state index in [-0.39, 0.29) is 0 Å². The van der Waals surface area contributed by atoms with Crippen LogP contribution in [0.1, 0.15) is 33.1 Å². The number of carbonyl (C=O) groups excluding carboxylic acids is 2. The fourth-order valence-corrected chi connectivity index (χ4v) is 3.37. The minimum atomic E-state index is -0.503. The number of carbonyl (C=O) groups is 2. The number of methoxy groups -OCH3 is 2. The monoisotopic (exact) mass is 293 g/mol. The van der Waals surface area contributed by atoms with Gasteiger partial charge in [-0.1, -0.05) is 18.6 Å². The predicted octanol–water partition coefficient (Wildman–Crippen LogP) is 1.83. The molecule has 0 aromatic carbocycles. The lowest BCUT2D eigenvalue weighted by Gasteiger charge is -2.31. The minimum absolute atomic E-state index is 0.431. The van der Waals surface area contributed by atoms with Crippen molar-refractivity contribution in [1.82, 2.24) is 4.90 Å². The van der Waals surface area contributed by atoms with Crippen LogP contribution in [-0.2, 0) is 19.1 Å². The summed E-state index contributed by atoms with van der Waals surface area (Å²) in [5, 5.41) is 0. The Kier molecular flexibility index (Phi) is 4.52. The molecule has 1 unspecified atom stereocenters. The minimum Gasteiger partial charge on any atom is -0.466 e. The summed E-state index contributed by atoms with van der Waals surface area (Å²) in [6.07, 6.45) is 4.87. The summed E-state index contributed by atoms with van der Waals surface area (Å²) in [6.45, 7) is 5.45. The molecule has 0 radical (unpaired) electrons. The lowest BCUT2D eigenvalue weighted by molar-refractivity contribution is -0.139. The van der Waals surface area contributed by atoms with E-state index in [2.05, 4.69) is 24.8 Å². The molecule has 0 aromatic heterocycles. The lowest BCUT2D eigenvalue weighted by Crippen LogP contribution is -2.41. The number of nitrogens with zero attached hydrogens (tertiary/aromatic N) is 1. The Balaban J connectivity index is 2.59. The SMILES string of the molecule is CC/C(C)=C/C12CCCN1CC(C(=O)OC)=C2C(=O)OC. The molecule has 0 spiro atoms. The number of hydrogen-bond acceptors (Lipinski definition) is 5. The molecule has 116 valence electrons. The Bertz CT molecular complexity index is 520. The molecule has 5 nitrogen and oxygen atoms in total. The summed E-state index contributed by atoms with van der Waals surface area (Å²) >= 11 is 0. The van der Waals surface area contributed by atoms with Crippen LogP contribution in [-0.4, -0.2) is 49.7 Å². The second-order valence-corrected chi connectivity index (χ2v) is 5.63. The molecule has 1 fully saturated rings. The normalized spacial score (nSPS) is 26.0. The van der Waals surface area contributed by atoms with Crippen molar-refractivity contribution >= 4 is 11.9 Å². The Hall–Kier alpha value is -1.62. The number of rotatable bonds is 4. The molecule has 1 saturated heterocycles. The highest BCUT2D eigenvalue weighted by molar-refractivity contribution is 6.04. The molecular weight excluding hydrogens is 270 g/mol. The number of hydrogen-bond donors (Lipinski definition) is 0. The molecule has 2 heterocycles. The van der Waals surface area contributed by atoms with Gasteiger partial charge in [-0.25, -0.2) is 9.59 Å². The van der Waals surface area contributed by atoms with E-state index in [1.807, 2.05) is 0 Å². The van der Waals surface area contributed by atoms with Gasteiger partial charge < -0.3 is 9.47 Å². The molecule has 21 heavy (non-hydrogen) atoms. The van der Waals surface area contributed by atoms with Crippen molar-refractivity contribution in [2.75, 3.05) is 27.3 Å². The van der Waals surface area contributed by atoms with Crippen molar-refractivity contribution in [3.05, 3.63) is 22.8 Å². The predicted molar refractivity (Wildman–Crippen MR) is 78.6 cm³/mol. The molecule has 1 atom stereocenters. The second-order valence-electron chi connectivity index (χ2n) is 5.63. The zero-order chi connectivity index (χ0) is 15.6. The zero-order valence-electron chi connectivity index (χ0n) is 13.2. The molecule has 0 N–H and O–H groups in total. The van der Waals surface area contributed by atoms with Gasteiger partial charge in [0.2, 0.25) is 0 Å². The maximum absolute atomic E-state index is 12.3. The van der Waals surface area contributed by atoms with Gasteiger partial charge in [0.05, 0.1) is 30.9 Å². The van der Waals surface area contributed by atoms with E-state index in [1.165, 1.54) is 19.8 Å². The van der Waals surface area contributed by atoms with Crippen molar-refractivity contribution in [3.63, 3.8) is 0 Å². The zero-order valence-corrected chi connectivity index (χ0v) is 13.2. The Labute approximate surface area is 125 Å². The molecule has 0 amide bonds. The average Bonchev–Trinajstić information content (AvgIpc) is 3.00. The largest absolute Gasteiger partial charge is 0.466 e. The van der Waals surface area contributed by atoms with E-state index in [4.69, 9.17) is 9.47 Å². The van der Waals surface area contributed by atoms with Crippen LogP contribution in [0.5, 0.6) is 0 Å². The highest BCUT2D eigenvalue weighted by atomic mass is 16.5. The third kappa shape index (κ3) is 2.50. The fourth-order valence-electron chi connectivity index (χ4n) is 3.37. The molecule has 5 heteroatoms. The molecule has 2 rings (SSSR count). The summed E-state index contributed by atoms with van der Waals surface area (Å²) in [6, 6.07) is 0. The number of fused-ring (bicyclic) bond motifs is 1. The quantitative estimate of drug-likeness (QED) is 0.585. The molecule has 2 aliphatic rings. The van der Waals surface area contributed by atoms with E-state index in [0.717, 1.165) is 25.8 Å². The van der Waals surface area contributed by atoms with E-state index in [9.17, 15) is 9.59 Å². The van der Waals surface area contributed by atoms with Gasteiger partial charge in [0.25, 0.3) is 0 Å². The molecule has 2 aliphatic heterocycles. The highest BCUT2D eigenvalue weighted by Crippen LogP contribution is 2.45. The van der Waals surface area contributed by atoms with E-state index < -0.39 is 17.5 Å². The van der Waals surface area contributed by atoms with Gasteiger partial charge in [-0.05, 0) is 32.7 Å². The van der Waals surface area contributed by atoms with Crippen LogP contribution in [0.3, 0.4) is 0 Å². The van der Waals surface area contributed by atoms with E-state index in [1.54, 1.807) is 0 Å². The summed E-state index contributed by atoms with van der Waals surface area (Å²) < 4.78 is 9.80. The summed E-state index contributed by atoms with van der Waals surface area (Å²) in [5.74, 6) is -0.869. The number of ether oxygens (including phenoxy) is 2. The second kappa shape index (κ2) is 6.02.